The maximum Gasteiger partial charge on any atom is 0.451 e. The van der Waals surface area contributed by atoms with E-state index in [1.54, 1.807) is 0 Å². The topological polar surface area (TPSA) is 35.0 Å². The van der Waals surface area contributed by atoms with Crippen LogP contribution in [-0.4, -0.2) is 23.2 Å². The molecule has 2 heterocycles. The highest BCUT2D eigenvalue weighted by Crippen LogP contribution is 2.27. The van der Waals surface area contributed by atoms with Gasteiger partial charge in [0, 0.05) is 18.0 Å². The van der Waals surface area contributed by atoms with Crippen LogP contribution < -0.4 is 0 Å². The van der Waals surface area contributed by atoms with Crippen molar-refractivity contribution in [3.63, 3.8) is 0 Å². The van der Waals surface area contributed by atoms with E-state index in [-0.39, 0.29) is 0 Å². The third-order valence-electron chi connectivity index (χ3n) is 2.24. The molecule has 0 saturated carbocycles. The molecule has 1 aliphatic rings. The number of halogens is 3. The normalized spacial score (nSPS) is 17.1. The minimum absolute atomic E-state index is 0.482. The second-order valence-corrected chi connectivity index (χ2v) is 3.35. The zero-order valence-electron chi connectivity index (χ0n) is 8.29. The number of ether oxygens (including phenoxy) is 1. The average molecular weight is 230 g/mol. The first-order valence-corrected chi connectivity index (χ1v) is 4.74. The second kappa shape index (κ2) is 4.21. The van der Waals surface area contributed by atoms with Crippen LogP contribution in [0.2, 0.25) is 0 Å². The fourth-order valence-electron chi connectivity index (χ4n) is 1.43. The van der Waals surface area contributed by atoms with Gasteiger partial charge in [0.15, 0.2) is 0 Å². The van der Waals surface area contributed by atoms with Crippen molar-refractivity contribution >= 4 is 5.57 Å². The molecule has 0 atom stereocenters. The van der Waals surface area contributed by atoms with Crippen LogP contribution in [0.15, 0.2) is 18.5 Å². The summed E-state index contributed by atoms with van der Waals surface area (Å²) in [6.45, 7) is 1.06. The third kappa shape index (κ3) is 2.38. The van der Waals surface area contributed by atoms with Crippen LogP contribution in [0.3, 0.4) is 0 Å². The van der Waals surface area contributed by atoms with Gasteiger partial charge in [-0.05, 0) is 12.0 Å². The Kier molecular flexibility index (Phi) is 2.91. The minimum Gasteiger partial charge on any atom is -0.377 e. The lowest BCUT2D eigenvalue weighted by Gasteiger charge is -2.13. The molecule has 0 spiro atoms. The summed E-state index contributed by atoms with van der Waals surface area (Å²) < 4.78 is 41.7. The Morgan fingerprint density at radius 1 is 1.19 bits per heavy atom. The van der Waals surface area contributed by atoms with Gasteiger partial charge in [0.2, 0.25) is 5.82 Å². The first-order valence-electron chi connectivity index (χ1n) is 4.74. The zero-order chi connectivity index (χ0) is 11.6. The SMILES string of the molecule is FC(F)(F)c1ncc(C2=CCOCC2)cn1. The second-order valence-electron chi connectivity index (χ2n) is 3.35. The maximum atomic E-state index is 12.2. The fourth-order valence-corrected chi connectivity index (χ4v) is 1.43. The van der Waals surface area contributed by atoms with E-state index in [1.165, 1.54) is 12.4 Å². The molecule has 0 radical (unpaired) electrons. The van der Waals surface area contributed by atoms with Crippen LogP contribution >= 0.6 is 0 Å². The molecule has 1 aliphatic heterocycles. The molecule has 0 bridgehead atoms. The molecule has 86 valence electrons. The molecule has 0 aliphatic carbocycles. The van der Waals surface area contributed by atoms with Crippen molar-refractivity contribution in [1.29, 1.82) is 0 Å². The first kappa shape index (κ1) is 11.1. The molecule has 0 amide bonds. The van der Waals surface area contributed by atoms with E-state index >= 15 is 0 Å². The smallest absolute Gasteiger partial charge is 0.377 e. The van der Waals surface area contributed by atoms with Gasteiger partial charge in [0.05, 0.1) is 13.2 Å². The Balaban J connectivity index is 2.22. The van der Waals surface area contributed by atoms with E-state index in [9.17, 15) is 13.2 Å². The summed E-state index contributed by atoms with van der Waals surface area (Å²) in [5.41, 5.74) is 1.55. The number of nitrogens with zero attached hydrogens (tertiary/aromatic N) is 2. The van der Waals surface area contributed by atoms with E-state index in [1.807, 2.05) is 6.08 Å². The molecule has 3 nitrogen and oxygen atoms in total. The third-order valence-corrected chi connectivity index (χ3v) is 2.24. The van der Waals surface area contributed by atoms with Gasteiger partial charge in [-0.3, -0.25) is 0 Å². The molecule has 0 N–H and O–H groups in total. The Hall–Kier alpha value is -1.43. The highest BCUT2D eigenvalue weighted by molar-refractivity contribution is 5.64. The summed E-state index contributed by atoms with van der Waals surface area (Å²) in [4.78, 5) is 6.61. The zero-order valence-corrected chi connectivity index (χ0v) is 8.29. The van der Waals surface area contributed by atoms with E-state index in [4.69, 9.17) is 4.74 Å². The lowest BCUT2D eigenvalue weighted by Crippen LogP contribution is -2.11. The van der Waals surface area contributed by atoms with Gasteiger partial charge in [0.1, 0.15) is 0 Å². The number of hydrogen-bond acceptors (Lipinski definition) is 3. The van der Waals surface area contributed by atoms with Crippen molar-refractivity contribution < 1.29 is 17.9 Å². The van der Waals surface area contributed by atoms with Crippen molar-refractivity contribution in [3.05, 3.63) is 29.9 Å². The summed E-state index contributed by atoms with van der Waals surface area (Å²) in [5, 5.41) is 0. The summed E-state index contributed by atoms with van der Waals surface area (Å²) in [6, 6.07) is 0. The average Bonchev–Trinajstić information content (AvgIpc) is 2.29. The van der Waals surface area contributed by atoms with Crippen molar-refractivity contribution in [1.82, 2.24) is 9.97 Å². The monoisotopic (exact) mass is 230 g/mol. The van der Waals surface area contributed by atoms with Crippen LogP contribution in [0.1, 0.15) is 17.8 Å². The summed E-state index contributed by atoms with van der Waals surface area (Å²) in [6.07, 6.45) is 0.423. The van der Waals surface area contributed by atoms with E-state index in [0.29, 0.717) is 25.2 Å². The predicted octanol–water partition coefficient (Wildman–Crippen LogP) is 2.30. The highest BCUT2D eigenvalue weighted by Gasteiger charge is 2.34. The van der Waals surface area contributed by atoms with E-state index in [2.05, 4.69) is 9.97 Å². The molecule has 0 saturated heterocycles. The number of alkyl halides is 3. The maximum absolute atomic E-state index is 12.2. The molecular weight excluding hydrogens is 221 g/mol. The van der Waals surface area contributed by atoms with E-state index in [0.717, 1.165) is 5.57 Å². The predicted molar refractivity (Wildman–Crippen MR) is 50.4 cm³/mol. The van der Waals surface area contributed by atoms with Crippen molar-refractivity contribution in [2.45, 2.75) is 12.6 Å². The largest absolute Gasteiger partial charge is 0.451 e. The van der Waals surface area contributed by atoms with Crippen LogP contribution in [0.4, 0.5) is 13.2 Å². The van der Waals surface area contributed by atoms with Gasteiger partial charge in [-0.25, -0.2) is 9.97 Å². The Morgan fingerprint density at radius 3 is 2.38 bits per heavy atom. The Labute approximate surface area is 90.0 Å². The van der Waals surface area contributed by atoms with Crippen molar-refractivity contribution in [2.24, 2.45) is 0 Å². The molecule has 0 fully saturated rings. The molecule has 0 aromatic carbocycles. The lowest BCUT2D eigenvalue weighted by molar-refractivity contribution is -0.145. The van der Waals surface area contributed by atoms with Gasteiger partial charge in [-0.2, -0.15) is 13.2 Å². The summed E-state index contributed by atoms with van der Waals surface area (Å²) >= 11 is 0. The number of hydrogen-bond donors (Lipinski definition) is 0. The van der Waals surface area contributed by atoms with Gasteiger partial charge in [-0.1, -0.05) is 6.08 Å². The molecule has 6 heteroatoms. The number of rotatable bonds is 1. The molecule has 1 aromatic heterocycles. The fraction of sp³-hybridized carbons (Fsp3) is 0.400. The van der Waals surface area contributed by atoms with Gasteiger partial charge >= 0.3 is 6.18 Å². The number of aromatic nitrogens is 2. The molecule has 16 heavy (non-hydrogen) atoms. The molecule has 1 aromatic rings. The van der Waals surface area contributed by atoms with Crippen LogP contribution in [0.25, 0.3) is 5.57 Å². The van der Waals surface area contributed by atoms with Crippen LogP contribution in [0.5, 0.6) is 0 Å². The lowest BCUT2D eigenvalue weighted by atomic mass is 10.1. The van der Waals surface area contributed by atoms with Gasteiger partial charge in [-0.15, -0.1) is 0 Å². The Morgan fingerprint density at radius 2 is 1.88 bits per heavy atom. The highest BCUT2D eigenvalue weighted by atomic mass is 19.4. The quantitative estimate of drug-likeness (QED) is 0.742. The van der Waals surface area contributed by atoms with E-state index < -0.39 is 12.0 Å². The first-order chi connectivity index (χ1) is 7.57. The molecular formula is C10H9F3N2O. The minimum atomic E-state index is -4.48. The van der Waals surface area contributed by atoms with Gasteiger partial charge in [0.25, 0.3) is 0 Å². The Bertz CT molecular complexity index is 398. The summed E-state index contributed by atoms with van der Waals surface area (Å²) in [5.74, 6) is -1.11. The van der Waals surface area contributed by atoms with Crippen molar-refractivity contribution in [2.75, 3.05) is 13.2 Å². The molecule has 0 unspecified atom stereocenters. The summed E-state index contributed by atoms with van der Waals surface area (Å²) in [7, 11) is 0. The standard InChI is InChI=1S/C10H9F3N2O/c11-10(12,13)9-14-5-8(6-15-9)7-1-3-16-4-2-7/h1,5-6H,2-4H2. The molecule has 2 rings (SSSR count). The van der Waals surface area contributed by atoms with Crippen molar-refractivity contribution in [3.8, 4) is 0 Å². The van der Waals surface area contributed by atoms with Gasteiger partial charge < -0.3 is 4.74 Å². The van der Waals surface area contributed by atoms with Crippen LogP contribution in [-0.2, 0) is 10.9 Å². The van der Waals surface area contributed by atoms with Crippen LogP contribution in [0, 0.1) is 0 Å².